The Hall–Kier alpha value is -0.940. The van der Waals surface area contributed by atoms with Gasteiger partial charge in [-0.25, -0.2) is 4.63 Å². The van der Waals surface area contributed by atoms with Gasteiger partial charge >= 0.3 is 0 Å². The molecule has 5 nitrogen and oxygen atoms in total. The first kappa shape index (κ1) is 13.5. The van der Waals surface area contributed by atoms with E-state index < -0.39 is 0 Å². The summed E-state index contributed by atoms with van der Waals surface area (Å²) in [5.41, 5.74) is 1.90. The molecular formula is C13H24N4O. The number of nitrogens with one attached hydrogen (secondary N) is 1. The molecule has 0 bridgehead atoms. The summed E-state index contributed by atoms with van der Waals surface area (Å²) in [6, 6.07) is 0. The van der Waals surface area contributed by atoms with Crippen LogP contribution in [0.15, 0.2) is 4.63 Å². The van der Waals surface area contributed by atoms with Crippen molar-refractivity contribution in [2.45, 2.75) is 39.7 Å². The number of nitrogens with zero attached hydrogens (tertiary/aromatic N) is 3. The molecule has 1 aliphatic heterocycles. The molecule has 1 fully saturated rings. The number of aromatic nitrogens is 2. The monoisotopic (exact) mass is 252 g/mol. The van der Waals surface area contributed by atoms with Gasteiger partial charge in [-0.3, -0.25) is 4.90 Å². The van der Waals surface area contributed by atoms with Crippen LogP contribution in [0.25, 0.3) is 0 Å². The minimum absolute atomic E-state index is 0.818. The number of piperidine rings is 1. The molecule has 2 rings (SSSR count). The fourth-order valence-corrected chi connectivity index (χ4v) is 2.59. The molecule has 2 heterocycles. The van der Waals surface area contributed by atoms with Gasteiger partial charge < -0.3 is 5.32 Å². The Balaban J connectivity index is 1.88. The van der Waals surface area contributed by atoms with E-state index in [1.54, 1.807) is 0 Å². The zero-order chi connectivity index (χ0) is 12.8. The third kappa shape index (κ3) is 3.78. The van der Waals surface area contributed by atoms with Crippen LogP contribution in [0.3, 0.4) is 0 Å². The third-order valence-corrected chi connectivity index (χ3v) is 3.63. The van der Waals surface area contributed by atoms with Crippen LogP contribution in [-0.4, -0.2) is 41.4 Å². The molecule has 1 aromatic heterocycles. The van der Waals surface area contributed by atoms with Gasteiger partial charge in [0.1, 0.15) is 11.4 Å². The van der Waals surface area contributed by atoms with Gasteiger partial charge in [0, 0.05) is 13.1 Å². The average molecular weight is 252 g/mol. The Bertz CT molecular complexity index is 347. The van der Waals surface area contributed by atoms with E-state index in [1.807, 2.05) is 6.92 Å². The average Bonchev–Trinajstić information content (AvgIpc) is 2.77. The highest BCUT2D eigenvalue weighted by Gasteiger charge is 2.18. The molecule has 18 heavy (non-hydrogen) atoms. The second-order valence-electron chi connectivity index (χ2n) is 5.22. The molecule has 102 valence electrons. The first-order valence-corrected chi connectivity index (χ1v) is 7.00. The fraction of sp³-hybridized carbons (Fsp3) is 0.846. The van der Waals surface area contributed by atoms with Crippen molar-refractivity contribution in [3.8, 4) is 0 Å². The molecular weight excluding hydrogens is 228 g/mol. The van der Waals surface area contributed by atoms with Crippen molar-refractivity contribution in [3.63, 3.8) is 0 Å². The van der Waals surface area contributed by atoms with Crippen LogP contribution in [0.2, 0.25) is 0 Å². The first-order chi connectivity index (χ1) is 8.79. The van der Waals surface area contributed by atoms with Crippen LogP contribution in [0.4, 0.5) is 0 Å². The van der Waals surface area contributed by atoms with Gasteiger partial charge in [-0.05, 0) is 51.7 Å². The molecule has 1 saturated heterocycles. The van der Waals surface area contributed by atoms with Gasteiger partial charge in [0.15, 0.2) is 0 Å². The topological polar surface area (TPSA) is 54.2 Å². The molecule has 5 heteroatoms. The van der Waals surface area contributed by atoms with Gasteiger partial charge in [-0.15, -0.1) is 0 Å². The molecule has 0 atom stereocenters. The van der Waals surface area contributed by atoms with Gasteiger partial charge in [-0.1, -0.05) is 17.2 Å². The van der Waals surface area contributed by atoms with Crippen LogP contribution in [0, 0.1) is 12.8 Å². The summed E-state index contributed by atoms with van der Waals surface area (Å²) in [4.78, 5) is 2.49. The highest BCUT2D eigenvalue weighted by molar-refractivity contribution is 5.04. The standard InChI is InChI=1S/C13H24N4O/c1-3-8-17(9-12-4-6-14-7-5-12)10-13-11(2)15-18-16-13/h12,14H,3-10H2,1-2H3. The third-order valence-electron chi connectivity index (χ3n) is 3.63. The van der Waals surface area contributed by atoms with E-state index in [4.69, 9.17) is 4.63 Å². The molecule has 0 amide bonds. The maximum atomic E-state index is 4.78. The zero-order valence-electron chi connectivity index (χ0n) is 11.5. The van der Waals surface area contributed by atoms with Crippen molar-refractivity contribution < 1.29 is 4.63 Å². The second kappa shape index (κ2) is 6.85. The molecule has 0 spiro atoms. The summed E-state index contributed by atoms with van der Waals surface area (Å²) in [7, 11) is 0. The van der Waals surface area contributed by atoms with Gasteiger partial charge in [0.2, 0.25) is 0 Å². The summed E-state index contributed by atoms with van der Waals surface area (Å²) < 4.78 is 4.78. The zero-order valence-corrected chi connectivity index (χ0v) is 11.5. The van der Waals surface area contributed by atoms with Crippen molar-refractivity contribution in [3.05, 3.63) is 11.4 Å². The number of rotatable bonds is 6. The molecule has 0 radical (unpaired) electrons. The van der Waals surface area contributed by atoms with Crippen LogP contribution in [0.1, 0.15) is 37.6 Å². The minimum Gasteiger partial charge on any atom is -0.317 e. The Labute approximate surface area is 109 Å². The number of hydrogen-bond acceptors (Lipinski definition) is 5. The second-order valence-corrected chi connectivity index (χ2v) is 5.22. The summed E-state index contributed by atoms with van der Waals surface area (Å²) >= 11 is 0. The normalized spacial score (nSPS) is 17.5. The smallest absolute Gasteiger partial charge is 0.122 e. The van der Waals surface area contributed by atoms with Crippen molar-refractivity contribution in [2.24, 2.45) is 5.92 Å². The van der Waals surface area contributed by atoms with Gasteiger partial charge in [0.05, 0.1) is 0 Å². The number of aryl methyl sites for hydroxylation is 1. The van der Waals surface area contributed by atoms with E-state index in [1.165, 1.54) is 25.8 Å². The Morgan fingerprint density at radius 3 is 2.72 bits per heavy atom. The Morgan fingerprint density at radius 2 is 2.11 bits per heavy atom. The molecule has 1 N–H and O–H groups in total. The van der Waals surface area contributed by atoms with Crippen molar-refractivity contribution >= 4 is 0 Å². The van der Waals surface area contributed by atoms with E-state index in [-0.39, 0.29) is 0 Å². The fourth-order valence-electron chi connectivity index (χ4n) is 2.59. The summed E-state index contributed by atoms with van der Waals surface area (Å²) in [5, 5.41) is 11.3. The highest BCUT2D eigenvalue weighted by atomic mass is 16.6. The maximum Gasteiger partial charge on any atom is 0.122 e. The predicted octanol–water partition coefficient (Wildman–Crippen LogP) is 1.59. The van der Waals surface area contributed by atoms with E-state index in [0.29, 0.717) is 0 Å². The van der Waals surface area contributed by atoms with Gasteiger partial charge in [-0.2, -0.15) is 0 Å². The van der Waals surface area contributed by atoms with Gasteiger partial charge in [0.25, 0.3) is 0 Å². The van der Waals surface area contributed by atoms with E-state index in [9.17, 15) is 0 Å². The molecule has 0 aromatic carbocycles. The molecule has 0 aliphatic carbocycles. The van der Waals surface area contributed by atoms with Crippen LogP contribution < -0.4 is 5.32 Å². The lowest BCUT2D eigenvalue weighted by Crippen LogP contribution is -2.36. The van der Waals surface area contributed by atoms with E-state index >= 15 is 0 Å². The van der Waals surface area contributed by atoms with Crippen molar-refractivity contribution in [1.82, 2.24) is 20.5 Å². The van der Waals surface area contributed by atoms with Crippen LogP contribution in [0.5, 0.6) is 0 Å². The lowest BCUT2D eigenvalue weighted by molar-refractivity contribution is 0.193. The van der Waals surface area contributed by atoms with Crippen LogP contribution >= 0.6 is 0 Å². The summed E-state index contributed by atoms with van der Waals surface area (Å²) in [6.07, 6.45) is 3.75. The Kier molecular flexibility index (Phi) is 5.13. The quantitative estimate of drug-likeness (QED) is 0.833. The van der Waals surface area contributed by atoms with E-state index in [0.717, 1.165) is 43.5 Å². The SMILES string of the molecule is CCCN(Cc1nonc1C)CC1CCNCC1. The molecule has 0 unspecified atom stereocenters. The highest BCUT2D eigenvalue weighted by Crippen LogP contribution is 2.15. The maximum absolute atomic E-state index is 4.78. The van der Waals surface area contributed by atoms with E-state index in [2.05, 4.69) is 27.5 Å². The summed E-state index contributed by atoms with van der Waals surface area (Å²) in [6.45, 7) is 9.67. The van der Waals surface area contributed by atoms with Crippen molar-refractivity contribution in [1.29, 1.82) is 0 Å². The Morgan fingerprint density at radius 1 is 1.33 bits per heavy atom. The summed E-state index contributed by atoms with van der Waals surface area (Å²) in [5.74, 6) is 0.818. The predicted molar refractivity (Wildman–Crippen MR) is 70.2 cm³/mol. The lowest BCUT2D eigenvalue weighted by atomic mass is 9.97. The molecule has 1 aliphatic rings. The van der Waals surface area contributed by atoms with Crippen molar-refractivity contribution in [2.75, 3.05) is 26.2 Å². The first-order valence-electron chi connectivity index (χ1n) is 7.00. The lowest BCUT2D eigenvalue weighted by Gasteiger charge is -2.29. The number of hydrogen-bond donors (Lipinski definition) is 1. The molecule has 1 aromatic rings. The molecule has 0 saturated carbocycles. The minimum atomic E-state index is 0.818. The van der Waals surface area contributed by atoms with Crippen LogP contribution in [-0.2, 0) is 6.54 Å². The largest absolute Gasteiger partial charge is 0.317 e.